The maximum Gasteiger partial charge on any atom is 0.135 e. The van der Waals surface area contributed by atoms with Crippen molar-refractivity contribution < 1.29 is 0 Å². The summed E-state index contributed by atoms with van der Waals surface area (Å²) >= 11 is 0. The number of nitrogens with one attached hydrogen (secondary N) is 2. The van der Waals surface area contributed by atoms with Gasteiger partial charge in [0, 0.05) is 41.6 Å². The summed E-state index contributed by atoms with van der Waals surface area (Å²) in [5.41, 5.74) is 16.5. The first-order valence-electron chi connectivity index (χ1n) is 10.6. The molecule has 156 valence electrons. The number of pyridine rings is 3. The van der Waals surface area contributed by atoms with E-state index in [9.17, 15) is 0 Å². The van der Waals surface area contributed by atoms with E-state index in [-0.39, 0.29) is 0 Å². The lowest BCUT2D eigenvalue weighted by atomic mass is 9.87. The van der Waals surface area contributed by atoms with Crippen LogP contribution < -0.4 is 5.73 Å². The van der Waals surface area contributed by atoms with Crippen molar-refractivity contribution in [2.45, 2.75) is 13.3 Å². The molecule has 0 bridgehead atoms. The van der Waals surface area contributed by atoms with Gasteiger partial charge in [0.15, 0.2) is 0 Å². The van der Waals surface area contributed by atoms with Crippen LogP contribution in [0.4, 0.5) is 5.69 Å². The molecule has 7 heteroatoms. The molecule has 6 rings (SSSR count). The van der Waals surface area contributed by atoms with E-state index < -0.39 is 0 Å². The number of nitrogens with two attached hydrogens (primary N) is 1. The van der Waals surface area contributed by atoms with E-state index in [1.54, 1.807) is 12.4 Å². The van der Waals surface area contributed by atoms with Gasteiger partial charge in [-0.15, -0.1) is 0 Å². The van der Waals surface area contributed by atoms with Crippen LogP contribution in [0.2, 0.25) is 0 Å². The Morgan fingerprint density at radius 3 is 2.72 bits per heavy atom. The predicted octanol–water partition coefficient (Wildman–Crippen LogP) is 4.62. The van der Waals surface area contributed by atoms with Crippen LogP contribution in [-0.2, 0) is 6.42 Å². The summed E-state index contributed by atoms with van der Waals surface area (Å²) in [5, 5.41) is 7.70. The largest absolute Gasteiger partial charge is 0.397 e. The van der Waals surface area contributed by atoms with Crippen LogP contribution in [0.5, 0.6) is 0 Å². The van der Waals surface area contributed by atoms with Gasteiger partial charge < -0.3 is 10.7 Å². The number of hydrogen-bond donors (Lipinski definition) is 3. The monoisotopic (exact) mass is 419 g/mol. The summed E-state index contributed by atoms with van der Waals surface area (Å²) in [6.07, 6.45) is 10.4. The van der Waals surface area contributed by atoms with Crippen LogP contribution in [-0.4, -0.2) is 30.1 Å². The first-order valence-corrected chi connectivity index (χ1v) is 10.6. The number of anilines is 1. The Morgan fingerprint density at radius 1 is 1.00 bits per heavy atom. The molecule has 7 nitrogen and oxygen atoms in total. The maximum absolute atomic E-state index is 5.91. The molecule has 0 saturated carbocycles. The Kier molecular flexibility index (Phi) is 4.14. The smallest absolute Gasteiger partial charge is 0.135 e. The molecule has 0 saturated heterocycles. The van der Waals surface area contributed by atoms with Gasteiger partial charge in [-0.3, -0.25) is 15.1 Å². The first kappa shape index (κ1) is 18.5. The standard InChI is InChI=1S/C25H21N7/c1-14-8-18(15-4-6-27-7-5-15)19-11-23(29-22(19)9-14)25-24-21(31-32-25)3-2-20(30-24)16-10-17(26)13-28-12-16/h2-8,10-14,29H,9,26H2,1H3,(H,31,32). The summed E-state index contributed by atoms with van der Waals surface area (Å²) in [5.74, 6) is 0.439. The van der Waals surface area contributed by atoms with Crippen LogP contribution >= 0.6 is 0 Å². The van der Waals surface area contributed by atoms with Gasteiger partial charge >= 0.3 is 0 Å². The SMILES string of the molecule is CC1C=C(c2ccncc2)c2cc(-c3n[nH]c4ccc(-c5cncc(N)c5)nc34)[nH]c2C1. The number of nitrogen functional groups attached to an aromatic ring is 1. The van der Waals surface area contributed by atoms with Crippen LogP contribution in [0, 0.1) is 5.92 Å². The minimum Gasteiger partial charge on any atom is -0.397 e. The van der Waals surface area contributed by atoms with Gasteiger partial charge in [0.05, 0.1) is 22.6 Å². The molecule has 0 fully saturated rings. The molecule has 0 spiro atoms. The van der Waals surface area contributed by atoms with E-state index in [0.717, 1.165) is 40.1 Å². The molecule has 5 aromatic rings. The Balaban J connectivity index is 1.47. The highest BCUT2D eigenvalue weighted by atomic mass is 15.1. The topological polar surface area (TPSA) is 109 Å². The highest BCUT2D eigenvalue weighted by molar-refractivity contribution is 5.92. The molecule has 4 N–H and O–H groups in total. The molecule has 1 aliphatic rings. The number of aromatic nitrogens is 6. The first-order chi connectivity index (χ1) is 15.7. The number of H-pyrrole nitrogens is 2. The van der Waals surface area contributed by atoms with Gasteiger partial charge in [-0.25, -0.2) is 4.98 Å². The van der Waals surface area contributed by atoms with Crippen LogP contribution in [0.15, 0.2) is 67.3 Å². The van der Waals surface area contributed by atoms with Gasteiger partial charge in [-0.05, 0) is 59.9 Å². The van der Waals surface area contributed by atoms with Crippen molar-refractivity contribution in [3.8, 4) is 22.6 Å². The van der Waals surface area contributed by atoms with Crippen LogP contribution in [0.3, 0.4) is 0 Å². The van der Waals surface area contributed by atoms with E-state index >= 15 is 0 Å². The van der Waals surface area contributed by atoms with Crippen molar-refractivity contribution in [3.05, 3.63) is 84.1 Å². The molecule has 1 atom stereocenters. The van der Waals surface area contributed by atoms with Crippen molar-refractivity contribution >= 4 is 22.3 Å². The normalized spacial score (nSPS) is 15.5. The summed E-state index contributed by atoms with van der Waals surface area (Å²) in [7, 11) is 0. The number of allylic oxidation sites excluding steroid dienone is 1. The molecular formula is C25H21N7. The van der Waals surface area contributed by atoms with Gasteiger partial charge in [0.25, 0.3) is 0 Å². The number of aromatic amines is 2. The third kappa shape index (κ3) is 3.06. The maximum atomic E-state index is 5.91. The number of rotatable bonds is 3. The van der Waals surface area contributed by atoms with Crippen molar-refractivity contribution in [3.63, 3.8) is 0 Å². The summed E-state index contributed by atoms with van der Waals surface area (Å²) < 4.78 is 0. The second-order valence-electron chi connectivity index (χ2n) is 8.24. The van der Waals surface area contributed by atoms with E-state index in [1.807, 2.05) is 30.6 Å². The molecule has 0 radical (unpaired) electrons. The zero-order valence-electron chi connectivity index (χ0n) is 17.5. The fourth-order valence-electron chi connectivity index (χ4n) is 4.41. The summed E-state index contributed by atoms with van der Waals surface area (Å²) in [6.45, 7) is 2.24. The summed E-state index contributed by atoms with van der Waals surface area (Å²) in [6, 6.07) is 12.1. The minimum absolute atomic E-state index is 0.439. The lowest BCUT2D eigenvalue weighted by molar-refractivity contribution is 0.701. The Bertz CT molecular complexity index is 1480. The van der Waals surface area contributed by atoms with E-state index in [4.69, 9.17) is 10.7 Å². The van der Waals surface area contributed by atoms with Crippen LogP contribution in [0.25, 0.3) is 39.3 Å². The zero-order valence-corrected chi connectivity index (χ0v) is 17.5. The van der Waals surface area contributed by atoms with E-state index in [0.29, 0.717) is 11.6 Å². The summed E-state index contributed by atoms with van der Waals surface area (Å²) in [4.78, 5) is 16.9. The molecule has 0 aliphatic heterocycles. The molecule has 1 unspecified atom stereocenters. The second kappa shape index (κ2) is 7.16. The Hall–Kier alpha value is -4.26. The molecule has 32 heavy (non-hydrogen) atoms. The molecule has 1 aliphatic carbocycles. The van der Waals surface area contributed by atoms with Crippen LogP contribution in [0.1, 0.15) is 23.7 Å². The fourth-order valence-corrected chi connectivity index (χ4v) is 4.41. The quantitative estimate of drug-likeness (QED) is 0.395. The Labute approximate surface area is 184 Å². The van der Waals surface area contributed by atoms with Crippen molar-refractivity contribution in [1.82, 2.24) is 30.1 Å². The van der Waals surface area contributed by atoms with E-state index in [2.05, 4.69) is 56.3 Å². The molecule has 5 heterocycles. The van der Waals surface area contributed by atoms with Crippen molar-refractivity contribution in [2.24, 2.45) is 5.92 Å². The number of fused-ring (bicyclic) bond motifs is 2. The lowest BCUT2D eigenvalue weighted by Gasteiger charge is -2.18. The van der Waals surface area contributed by atoms with Crippen molar-refractivity contribution in [1.29, 1.82) is 0 Å². The highest BCUT2D eigenvalue weighted by Gasteiger charge is 2.23. The molecule has 0 amide bonds. The average Bonchev–Trinajstić information content (AvgIpc) is 3.42. The second-order valence-corrected chi connectivity index (χ2v) is 8.24. The minimum atomic E-state index is 0.439. The van der Waals surface area contributed by atoms with Gasteiger partial charge in [-0.2, -0.15) is 5.10 Å². The lowest BCUT2D eigenvalue weighted by Crippen LogP contribution is -2.07. The predicted molar refractivity (Wildman–Crippen MR) is 126 cm³/mol. The van der Waals surface area contributed by atoms with Gasteiger partial charge in [0.1, 0.15) is 11.2 Å². The highest BCUT2D eigenvalue weighted by Crippen LogP contribution is 2.37. The molecular weight excluding hydrogens is 398 g/mol. The zero-order chi connectivity index (χ0) is 21.7. The molecule has 5 aromatic heterocycles. The average molecular weight is 419 g/mol. The van der Waals surface area contributed by atoms with Gasteiger partial charge in [-0.1, -0.05) is 13.0 Å². The number of nitrogens with zero attached hydrogens (tertiary/aromatic N) is 4. The third-order valence-electron chi connectivity index (χ3n) is 5.88. The Morgan fingerprint density at radius 2 is 1.88 bits per heavy atom. The third-order valence-corrected chi connectivity index (χ3v) is 5.88. The van der Waals surface area contributed by atoms with Crippen molar-refractivity contribution in [2.75, 3.05) is 5.73 Å². The van der Waals surface area contributed by atoms with E-state index in [1.165, 1.54) is 22.4 Å². The fraction of sp³-hybridized carbons (Fsp3) is 0.120. The molecule has 0 aromatic carbocycles. The number of hydrogen-bond acceptors (Lipinski definition) is 5. The van der Waals surface area contributed by atoms with Gasteiger partial charge in [0.2, 0.25) is 0 Å².